The second-order valence-electron chi connectivity index (χ2n) is 4.82. The molecule has 2 N–H and O–H groups in total. The van der Waals surface area contributed by atoms with Crippen molar-refractivity contribution in [2.45, 2.75) is 50.7 Å². The standard InChI is InChI=1S/C12H22N4O/c1-3-17-12(7-5-4-6-8-12)11(13)10-9-14-15-16(10)2/h9,11H,3-8,13H2,1-2H3. The molecular formula is C12H22N4O. The number of nitrogens with two attached hydrogens (primary N) is 1. The highest BCUT2D eigenvalue weighted by atomic mass is 16.5. The summed E-state index contributed by atoms with van der Waals surface area (Å²) in [5, 5.41) is 7.86. The second-order valence-corrected chi connectivity index (χ2v) is 4.82. The predicted molar refractivity (Wildman–Crippen MR) is 65.4 cm³/mol. The number of aromatic nitrogens is 3. The maximum absolute atomic E-state index is 6.41. The third kappa shape index (κ3) is 2.35. The van der Waals surface area contributed by atoms with E-state index >= 15 is 0 Å². The van der Waals surface area contributed by atoms with Crippen molar-refractivity contribution in [1.82, 2.24) is 15.0 Å². The van der Waals surface area contributed by atoms with Crippen molar-refractivity contribution in [1.29, 1.82) is 0 Å². The number of hydrogen-bond acceptors (Lipinski definition) is 4. The third-order valence-corrected chi connectivity index (χ3v) is 3.77. The van der Waals surface area contributed by atoms with Crippen molar-refractivity contribution in [2.75, 3.05) is 6.61 Å². The van der Waals surface area contributed by atoms with Gasteiger partial charge in [0.2, 0.25) is 0 Å². The number of nitrogens with zero attached hydrogens (tertiary/aromatic N) is 3. The predicted octanol–water partition coefficient (Wildman–Crippen LogP) is 1.55. The van der Waals surface area contributed by atoms with Gasteiger partial charge in [0.05, 0.1) is 23.5 Å². The molecule has 1 aromatic heterocycles. The SMILES string of the molecule is CCOC1(C(N)c2cnnn2C)CCCCC1. The largest absolute Gasteiger partial charge is 0.373 e. The number of ether oxygens (including phenoxy) is 1. The Hall–Kier alpha value is -0.940. The zero-order chi connectivity index (χ0) is 12.3. The minimum absolute atomic E-state index is 0.136. The molecule has 0 bridgehead atoms. The average Bonchev–Trinajstić information content (AvgIpc) is 2.76. The molecular weight excluding hydrogens is 216 g/mol. The van der Waals surface area contributed by atoms with Gasteiger partial charge >= 0.3 is 0 Å². The molecule has 1 aromatic rings. The zero-order valence-corrected chi connectivity index (χ0v) is 10.7. The van der Waals surface area contributed by atoms with Crippen LogP contribution in [0.15, 0.2) is 6.20 Å². The van der Waals surface area contributed by atoms with Gasteiger partial charge < -0.3 is 10.5 Å². The van der Waals surface area contributed by atoms with E-state index in [0.29, 0.717) is 6.61 Å². The lowest BCUT2D eigenvalue weighted by molar-refractivity contribution is -0.0844. The van der Waals surface area contributed by atoms with E-state index in [2.05, 4.69) is 10.3 Å². The molecule has 1 fully saturated rings. The van der Waals surface area contributed by atoms with E-state index in [9.17, 15) is 0 Å². The summed E-state index contributed by atoms with van der Waals surface area (Å²) in [7, 11) is 1.88. The molecule has 0 aromatic carbocycles. The smallest absolute Gasteiger partial charge is 0.0889 e. The lowest BCUT2D eigenvalue weighted by Crippen LogP contribution is -2.46. The fourth-order valence-electron chi connectivity index (χ4n) is 2.83. The molecule has 0 radical (unpaired) electrons. The van der Waals surface area contributed by atoms with Crippen molar-refractivity contribution in [2.24, 2.45) is 12.8 Å². The van der Waals surface area contributed by atoms with Crippen LogP contribution in [-0.4, -0.2) is 27.2 Å². The van der Waals surface area contributed by atoms with E-state index in [4.69, 9.17) is 10.5 Å². The van der Waals surface area contributed by atoms with Crippen LogP contribution >= 0.6 is 0 Å². The summed E-state index contributed by atoms with van der Waals surface area (Å²) in [5.74, 6) is 0. The van der Waals surface area contributed by atoms with Gasteiger partial charge in [-0.15, -0.1) is 5.10 Å². The van der Waals surface area contributed by atoms with Crippen molar-refractivity contribution in [3.63, 3.8) is 0 Å². The summed E-state index contributed by atoms with van der Waals surface area (Å²) in [5.41, 5.74) is 7.15. The normalized spacial score (nSPS) is 21.4. The molecule has 1 heterocycles. The van der Waals surface area contributed by atoms with Crippen LogP contribution in [0.3, 0.4) is 0 Å². The van der Waals surface area contributed by atoms with Crippen LogP contribution < -0.4 is 5.73 Å². The van der Waals surface area contributed by atoms with Crippen molar-refractivity contribution < 1.29 is 4.74 Å². The van der Waals surface area contributed by atoms with Gasteiger partial charge in [-0.25, -0.2) is 0 Å². The van der Waals surface area contributed by atoms with Gasteiger partial charge in [-0.3, -0.25) is 4.68 Å². The fourth-order valence-corrected chi connectivity index (χ4v) is 2.83. The van der Waals surface area contributed by atoms with Crippen LogP contribution in [0.1, 0.15) is 50.8 Å². The lowest BCUT2D eigenvalue weighted by atomic mass is 9.78. The Bertz CT molecular complexity index is 352. The van der Waals surface area contributed by atoms with Gasteiger partial charge in [-0.05, 0) is 19.8 Å². The first-order chi connectivity index (χ1) is 8.19. The summed E-state index contributed by atoms with van der Waals surface area (Å²) in [6, 6.07) is -0.136. The van der Waals surface area contributed by atoms with Gasteiger partial charge in [0.1, 0.15) is 0 Å². The van der Waals surface area contributed by atoms with Crippen LogP contribution in [0.2, 0.25) is 0 Å². The maximum atomic E-state index is 6.41. The molecule has 1 aliphatic carbocycles. The first kappa shape index (κ1) is 12.5. The Balaban J connectivity index is 2.23. The molecule has 0 amide bonds. The first-order valence-corrected chi connectivity index (χ1v) is 6.44. The fraction of sp³-hybridized carbons (Fsp3) is 0.833. The quantitative estimate of drug-likeness (QED) is 0.864. The molecule has 1 aliphatic rings. The Kier molecular flexibility index (Phi) is 3.79. The van der Waals surface area contributed by atoms with Gasteiger partial charge in [0.15, 0.2) is 0 Å². The van der Waals surface area contributed by atoms with Crippen molar-refractivity contribution in [3.8, 4) is 0 Å². The number of aryl methyl sites for hydroxylation is 1. The average molecular weight is 238 g/mol. The summed E-state index contributed by atoms with van der Waals surface area (Å²) in [6.07, 6.45) is 7.49. The zero-order valence-electron chi connectivity index (χ0n) is 10.7. The van der Waals surface area contributed by atoms with E-state index in [0.717, 1.165) is 18.5 Å². The Morgan fingerprint density at radius 1 is 1.47 bits per heavy atom. The third-order valence-electron chi connectivity index (χ3n) is 3.77. The summed E-state index contributed by atoms with van der Waals surface area (Å²) >= 11 is 0. The minimum atomic E-state index is -0.220. The minimum Gasteiger partial charge on any atom is -0.373 e. The Labute approximate surface area is 102 Å². The van der Waals surface area contributed by atoms with Gasteiger partial charge in [-0.2, -0.15) is 0 Å². The topological polar surface area (TPSA) is 66.0 Å². The highest BCUT2D eigenvalue weighted by Crippen LogP contribution is 2.39. The Morgan fingerprint density at radius 3 is 2.71 bits per heavy atom. The summed E-state index contributed by atoms with van der Waals surface area (Å²) in [4.78, 5) is 0. The highest BCUT2D eigenvalue weighted by molar-refractivity contribution is 5.10. The van der Waals surface area contributed by atoms with Gasteiger partial charge in [-0.1, -0.05) is 24.5 Å². The van der Waals surface area contributed by atoms with E-state index < -0.39 is 0 Å². The van der Waals surface area contributed by atoms with Crippen LogP contribution in [0, 0.1) is 0 Å². The molecule has 96 valence electrons. The lowest BCUT2D eigenvalue weighted by Gasteiger charge is -2.41. The molecule has 1 atom stereocenters. The molecule has 2 rings (SSSR count). The highest BCUT2D eigenvalue weighted by Gasteiger charge is 2.40. The molecule has 1 unspecified atom stereocenters. The van der Waals surface area contributed by atoms with E-state index in [-0.39, 0.29) is 11.6 Å². The first-order valence-electron chi connectivity index (χ1n) is 6.44. The second kappa shape index (κ2) is 5.14. The Morgan fingerprint density at radius 2 is 2.18 bits per heavy atom. The molecule has 1 saturated carbocycles. The van der Waals surface area contributed by atoms with E-state index in [1.165, 1.54) is 19.3 Å². The van der Waals surface area contributed by atoms with E-state index in [1.54, 1.807) is 10.9 Å². The molecule has 0 aliphatic heterocycles. The van der Waals surface area contributed by atoms with Gasteiger partial charge in [0.25, 0.3) is 0 Å². The number of rotatable bonds is 4. The van der Waals surface area contributed by atoms with Crippen LogP contribution in [0.4, 0.5) is 0 Å². The molecule has 0 spiro atoms. The maximum Gasteiger partial charge on any atom is 0.0889 e. The van der Waals surface area contributed by atoms with Crippen LogP contribution in [-0.2, 0) is 11.8 Å². The number of hydrogen-bond donors (Lipinski definition) is 1. The molecule has 17 heavy (non-hydrogen) atoms. The molecule has 5 nitrogen and oxygen atoms in total. The van der Waals surface area contributed by atoms with Gasteiger partial charge in [0, 0.05) is 13.7 Å². The van der Waals surface area contributed by atoms with Crippen molar-refractivity contribution >= 4 is 0 Å². The molecule has 0 saturated heterocycles. The monoisotopic (exact) mass is 238 g/mol. The summed E-state index contributed by atoms with van der Waals surface area (Å²) in [6.45, 7) is 2.74. The molecule has 5 heteroatoms. The van der Waals surface area contributed by atoms with E-state index in [1.807, 2.05) is 14.0 Å². The van der Waals surface area contributed by atoms with Crippen molar-refractivity contribution in [3.05, 3.63) is 11.9 Å². The summed E-state index contributed by atoms with van der Waals surface area (Å²) < 4.78 is 7.77. The van der Waals surface area contributed by atoms with Crippen LogP contribution in [0.25, 0.3) is 0 Å². The van der Waals surface area contributed by atoms with Crippen LogP contribution in [0.5, 0.6) is 0 Å².